The molecule has 0 saturated carbocycles. The van der Waals surface area contributed by atoms with Crippen molar-refractivity contribution in [2.75, 3.05) is 19.0 Å². The number of allylic oxidation sites excluding steroid dienone is 2. The number of hydrogen-bond donors (Lipinski definition) is 0. The fourth-order valence-corrected chi connectivity index (χ4v) is 3.06. The first-order valence-electron chi connectivity index (χ1n) is 9.51. The van der Waals surface area contributed by atoms with Gasteiger partial charge in [-0.25, -0.2) is 0 Å². The molecule has 0 saturated heterocycles. The lowest BCUT2D eigenvalue weighted by atomic mass is 10.1. The van der Waals surface area contributed by atoms with Gasteiger partial charge in [0.1, 0.15) is 0 Å². The summed E-state index contributed by atoms with van der Waals surface area (Å²) in [5.74, 6) is -0.190. The van der Waals surface area contributed by atoms with Gasteiger partial charge in [-0.3, -0.25) is 9.59 Å². The number of nitrogens with zero attached hydrogens (tertiary/aromatic N) is 1. The van der Waals surface area contributed by atoms with Crippen LogP contribution in [0.2, 0.25) is 5.02 Å². The summed E-state index contributed by atoms with van der Waals surface area (Å²) in [5, 5.41) is 0.439. The Morgan fingerprint density at radius 2 is 1.27 bits per heavy atom. The van der Waals surface area contributed by atoms with Crippen LogP contribution in [0.3, 0.4) is 0 Å². The molecule has 0 aliphatic carbocycles. The summed E-state index contributed by atoms with van der Waals surface area (Å²) >= 11 is 6.06. The van der Waals surface area contributed by atoms with Crippen LogP contribution in [-0.2, 0) is 0 Å². The van der Waals surface area contributed by atoms with Crippen LogP contribution in [0.25, 0.3) is 12.2 Å². The molecule has 3 rings (SSSR count). The maximum Gasteiger partial charge on any atom is 0.187 e. The lowest BCUT2D eigenvalue weighted by Crippen LogP contribution is -2.08. The Bertz CT molecular complexity index is 1090. The number of ketones is 2. The molecule has 0 radical (unpaired) electrons. The normalized spacial score (nSPS) is 11.2. The van der Waals surface area contributed by atoms with Crippen molar-refractivity contribution in [1.82, 2.24) is 0 Å². The van der Waals surface area contributed by atoms with E-state index >= 15 is 0 Å². The second kappa shape index (κ2) is 9.86. The third-order valence-electron chi connectivity index (χ3n) is 4.60. The van der Waals surface area contributed by atoms with E-state index in [1.54, 1.807) is 42.5 Å². The second-order valence-corrected chi connectivity index (χ2v) is 7.39. The maximum atomic E-state index is 12.3. The van der Waals surface area contributed by atoms with Gasteiger partial charge in [0.05, 0.1) is 5.02 Å². The Kier molecular flexibility index (Phi) is 6.99. The van der Waals surface area contributed by atoms with Gasteiger partial charge >= 0.3 is 0 Å². The SMILES string of the molecule is CN(C)c1ccc(C(=O)/C=C/c2ccc(/C=C/C(=O)c3ccccc3Cl)cc2)cc1. The highest BCUT2D eigenvalue weighted by atomic mass is 35.5. The number of carbonyl (C=O) groups is 2. The highest BCUT2D eigenvalue weighted by Gasteiger charge is 2.06. The molecule has 3 nitrogen and oxygen atoms in total. The summed E-state index contributed by atoms with van der Waals surface area (Å²) in [6, 6.07) is 22.1. The summed E-state index contributed by atoms with van der Waals surface area (Å²) in [7, 11) is 3.92. The monoisotopic (exact) mass is 415 g/mol. The third kappa shape index (κ3) is 5.56. The van der Waals surface area contributed by atoms with Gasteiger partial charge in [0.15, 0.2) is 11.6 Å². The molecule has 0 spiro atoms. The van der Waals surface area contributed by atoms with Crippen LogP contribution in [0.1, 0.15) is 31.8 Å². The fraction of sp³-hybridized carbons (Fsp3) is 0.0769. The highest BCUT2D eigenvalue weighted by Crippen LogP contribution is 2.17. The lowest BCUT2D eigenvalue weighted by Gasteiger charge is -2.11. The molecule has 0 heterocycles. The van der Waals surface area contributed by atoms with Crippen molar-refractivity contribution in [2.45, 2.75) is 0 Å². The van der Waals surface area contributed by atoms with Crippen molar-refractivity contribution in [3.8, 4) is 0 Å². The second-order valence-electron chi connectivity index (χ2n) is 6.98. The predicted octanol–water partition coefficient (Wildman–Crippen LogP) is 6.20. The van der Waals surface area contributed by atoms with Gasteiger partial charge in [-0.15, -0.1) is 0 Å². The molecule has 0 aliphatic rings. The number of halogens is 1. The van der Waals surface area contributed by atoms with E-state index in [1.807, 2.05) is 67.5 Å². The van der Waals surface area contributed by atoms with Gasteiger partial charge in [-0.2, -0.15) is 0 Å². The van der Waals surface area contributed by atoms with Crippen LogP contribution in [0, 0.1) is 0 Å². The molecule has 0 N–H and O–H groups in total. The van der Waals surface area contributed by atoms with Crippen molar-refractivity contribution in [1.29, 1.82) is 0 Å². The first kappa shape index (κ1) is 21.3. The quantitative estimate of drug-likeness (QED) is 0.340. The minimum atomic E-state index is -0.143. The zero-order chi connectivity index (χ0) is 21.5. The standard InChI is InChI=1S/C26H22ClNO2/c1-28(2)22-15-13-21(14-16-22)25(29)17-11-19-7-9-20(10-8-19)12-18-26(30)23-5-3-4-6-24(23)27/h3-18H,1-2H3/b17-11+,18-12+. The molecule has 4 heteroatoms. The smallest absolute Gasteiger partial charge is 0.187 e. The molecule has 3 aromatic carbocycles. The molecule has 30 heavy (non-hydrogen) atoms. The van der Waals surface area contributed by atoms with Crippen LogP contribution in [0.15, 0.2) is 84.9 Å². The molecule has 150 valence electrons. The molecule has 3 aromatic rings. The number of benzene rings is 3. The summed E-state index contributed by atoms with van der Waals surface area (Å²) in [5.41, 5.74) is 3.97. The van der Waals surface area contributed by atoms with Gasteiger partial charge in [-0.05, 0) is 59.7 Å². The van der Waals surface area contributed by atoms with Crippen LogP contribution in [0.4, 0.5) is 5.69 Å². The van der Waals surface area contributed by atoms with E-state index in [-0.39, 0.29) is 11.6 Å². The molecular weight excluding hydrogens is 394 g/mol. The molecular formula is C26H22ClNO2. The summed E-state index contributed by atoms with van der Waals surface area (Å²) < 4.78 is 0. The summed E-state index contributed by atoms with van der Waals surface area (Å²) in [6.07, 6.45) is 6.60. The third-order valence-corrected chi connectivity index (χ3v) is 4.93. The zero-order valence-corrected chi connectivity index (χ0v) is 17.6. The molecule has 0 aromatic heterocycles. The summed E-state index contributed by atoms with van der Waals surface area (Å²) in [6.45, 7) is 0. The van der Waals surface area contributed by atoms with Gasteiger partial charge in [-0.1, -0.05) is 60.2 Å². The van der Waals surface area contributed by atoms with E-state index in [4.69, 9.17) is 11.6 Å². The fourth-order valence-electron chi connectivity index (χ4n) is 2.83. The van der Waals surface area contributed by atoms with Crippen molar-refractivity contribution < 1.29 is 9.59 Å². The topological polar surface area (TPSA) is 37.4 Å². The largest absolute Gasteiger partial charge is 0.378 e. The Balaban J connectivity index is 1.63. The van der Waals surface area contributed by atoms with Crippen LogP contribution >= 0.6 is 11.6 Å². The van der Waals surface area contributed by atoms with E-state index < -0.39 is 0 Å². The Morgan fingerprint density at radius 1 is 0.733 bits per heavy atom. The number of carbonyl (C=O) groups excluding carboxylic acids is 2. The maximum absolute atomic E-state index is 12.3. The van der Waals surface area contributed by atoms with Crippen molar-refractivity contribution >= 4 is 41.0 Å². The average molecular weight is 416 g/mol. The molecule has 0 aliphatic heterocycles. The number of rotatable bonds is 7. The minimum absolute atomic E-state index is 0.0467. The van der Waals surface area contributed by atoms with E-state index in [0.717, 1.165) is 16.8 Å². The zero-order valence-electron chi connectivity index (χ0n) is 16.9. The van der Waals surface area contributed by atoms with Crippen molar-refractivity contribution in [3.63, 3.8) is 0 Å². The van der Waals surface area contributed by atoms with Gasteiger partial charge < -0.3 is 4.90 Å². The van der Waals surface area contributed by atoms with Crippen molar-refractivity contribution in [3.05, 3.63) is 112 Å². The molecule has 0 bridgehead atoms. The van der Waals surface area contributed by atoms with Crippen LogP contribution in [0.5, 0.6) is 0 Å². The van der Waals surface area contributed by atoms with Crippen molar-refractivity contribution in [2.24, 2.45) is 0 Å². The Hall–Kier alpha value is -3.43. The van der Waals surface area contributed by atoms with Gasteiger partial charge in [0, 0.05) is 30.9 Å². The number of anilines is 1. The average Bonchev–Trinajstić information content (AvgIpc) is 2.77. The molecule has 0 atom stereocenters. The van der Waals surface area contributed by atoms with E-state index in [9.17, 15) is 9.59 Å². The first-order chi connectivity index (χ1) is 14.4. The lowest BCUT2D eigenvalue weighted by molar-refractivity contribution is 0.104. The minimum Gasteiger partial charge on any atom is -0.378 e. The molecule has 0 fully saturated rings. The number of hydrogen-bond acceptors (Lipinski definition) is 3. The van der Waals surface area contributed by atoms with Gasteiger partial charge in [0.2, 0.25) is 0 Å². The Morgan fingerprint density at radius 3 is 1.80 bits per heavy atom. The summed E-state index contributed by atoms with van der Waals surface area (Å²) in [4.78, 5) is 26.6. The first-order valence-corrected chi connectivity index (χ1v) is 9.88. The van der Waals surface area contributed by atoms with E-state index in [0.29, 0.717) is 16.1 Å². The van der Waals surface area contributed by atoms with E-state index in [2.05, 4.69) is 0 Å². The highest BCUT2D eigenvalue weighted by molar-refractivity contribution is 6.34. The van der Waals surface area contributed by atoms with Gasteiger partial charge in [0.25, 0.3) is 0 Å². The predicted molar refractivity (Wildman–Crippen MR) is 125 cm³/mol. The molecule has 0 amide bonds. The van der Waals surface area contributed by atoms with Crippen LogP contribution < -0.4 is 4.90 Å². The Labute approximate surface area is 181 Å². The van der Waals surface area contributed by atoms with E-state index in [1.165, 1.54) is 6.08 Å². The molecule has 0 unspecified atom stereocenters. The van der Waals surface area contributed by atoms with Crippen LogP contribution in [-0.4, -0.2) is 25.7 Å².